The van der Waals surface area contributed by atoms with Crippen LogP contribution in [0.2, 0.25) is 0 Å². The van der Waals surface area contributed by atoms with E-state index >= 15 is 0 Å². The monoisotopic (exact) mass is 428 g/mol. The standard InChI is InChI=1S/C26H28N4O2/c1-2-21(31)28-29-25-27-23-20-13-7-6-12-19(20)16-26(14-8-9-15-26)22(23)24(32)30(25)17-18-10-4-3-5-11-18/h3-7,10-13H,2,8-9,14-17H2,1H3,(H,27,29)(H,28,31). The number of nitrogens with one attached hydrogen (secondary N) is 2. The predicted molar refractivity (Wildman–Crippen MR) is 125 cm³/mol. The molecule has 1 saturated carbocycles. The van der Waals surface area contributed by atoms with Crippen LogP contribution in [-0.2, 0) is 23.2 Å². The van der Waals surface area contributed by atoms with Gasteiger partial charge in [-0.05, 0) is 30.4 Å². The smallest absolute Gasteiger partial charge is 0.259 e. The van der Waals surface area contributed by atoms with E-state index in [1.165, 1.54) is 5.56 Å². The number of nitrogens with zero attached hydrogens (tertiary/aromatic N) is 2. The van der Waals surface area contributed by atoms with Crippen molar-refractivity contribution in [1.82, 2.24) is 15.0 Å². The number of rotatable bonds is 5. The van der Waals surface area contributed by atoms with Crippen LogP contribution >= 0.6 is 0 Å². The molecule has 2 aliphatic rings. The maximum atomic E-state index is 14.1. The predicted octanol–water partition coefficient (Wildman–Crippen LogP) is 4.18. The number of hydrogen-bond acceptors (Lipinski definition) is 4. The summed E-state index contributed by atoms with van der Waals surface area (Å²) in [7, 11) is 0. The summed E-state index contributed by atoms with van der Waals surface area (Å²) in [5.41, 5.74) is 10.3. The average Bonchev–Trinajstić information content (AvgIpc) is 3.28. The number of carbonyl (C=O) groups excluding carboxylic acids is 1. The van der Waals surface area contributed by atoms with Crippen LogP contribution in [0.4, 0.5) is 5.95 Å². The molecular formula is C26H28N4O2. The molecule has 1 heterocycles. The highest BCUT2D eigenvalue weighted by Gasteiger charge is 2.44. The lowest BCUT2D eigenvalue weighted by Crippen LogP contribution is -2.42. The summed E-state index contributed by atoms with van der Waals surface area (Å²) in [4.78, 5) is 31.0. The quantitative estimate of drug-likeness (QED) is 0.598. The zero-order valence-electron chi connectivity index (χ0n) is 18.4. The number of carbonyl (C=O) groups is 1. The summed E-state index contributed by atoms with van der Waals surface area (Å²) < 4.78 is 1.68. The molecule has 5 rings (SSSR count). The molecular weight excluding hydrogens is 400 g/mol. The van der Waals surface area contributed by atoms with Crippen LogP contribution in [0.3, 0.4) is 0 Å². The Hall–Kier alpha value is -3.41. The minimum atomic E-state index is -0.157. The van der Waals surface area contributed by atoms with Crippen LogP contribution in [0, 0.1) is 0 Å². The summed E-state index contributed by atoms with van der Waals surface area (Å²) >= 11 is 0. The fourth-order valence-electron chi connectivity index (χ4n) is 5.29. The van der Waals surface area contributed by atoms with E-state index in [0.29, 0.717) is 18.9 Å². The van der Waals surface area contributed by atoms with Crippen LogP contribution in [0.25, 0.3) is 11.3 Å². The summed E-state index contributed by atoms with van der Waals surface area (Å²) in [6.07, 6.45) is 5.51. The SMILES string of the molecule is CCC(=O)NNc1nc2c(c(=O)n1Cc1ccccc1)C1(CCCC1)Cc1ccccc1-2. The molecule has 2 aliphatic carbocycles. The molecule has 0 atom stereocenters. The normalized spacial score (nSPS) is 15.8. The maximum Gasteiger partial charge on any atom is 0.259 e. The van der Waals surface area contributed by atoms with Crippen molar-refractivity contribution in [3.8, 4) is 11.3 Å². The van der Waals surface area contributed by atoms with Crippen molar-refractivity contribution >= 4 is 11.9 Å². The van der Waals surface area contributed by atoms with Gasteiger partial charge in [-0.15, -0.1) is 0 Å². The highest BCUT2D eigenvalue weighted by molar-refractivity contribution is 5.77. The van der Waals surface area contributed by atoms with Crippen LogP contribution in [-0.4, -0.2) is 15.5 Å². The number of hydrazine groups is 1. The van der Waals surface area contributed by atoms with E-state index in [1.54, 1.807) is 11.5 Å². The van der Waals surface area contributed by atoms with Gasteiger partial charge < -0.3 is 0 Å². The molecule has 0 bridgehead atoms. The van der Waals surface area contributed by atoms with E-state index in [2.05, 4.69) is 29.1 Å². The van der Waals surface area contributed by atoms with Crippen molar-refractivity contribution < 1.29 is 4.79 Å². The topological polar surface area (TPSA) is 76.0 Å². The molecule has 2 N–H and O–H groups in total. The first kappa shape index (κ1) is 20.5. The molecule has 32 heavy (non-hydrogen) atoms. The highest BCUT2D eigenvalue weighted by Crippen LogP contribution is 2.49. The lowest BCUT2D eigenvalue weighted by atomic mass is 9.68. The molecule has 1 amide bonds. The third-order valence-corrected chi connectivity index (χ3v) is 6.88. The van der Waals surface area contributed by atoms with Gasteiger partial charge in [0.05, 0.1) is 17.8 Å². The number of hydrogen-bond donors (Lipinski definition) is 2. The molecule has 2 aromatic carbocycles. The van der Waals surface area contributed by atoms with E-state index < -0.39 is 0 Å². The van der Waals surface area contributed by atoms with Gasteiger partial charge in [0, 0.05) is 17.4 Å². The van der Waals surface area contributed by atoms with E-state index in [4.69, 9.17) is 4.98 Å². The first-order valence-electron chi connectivity index (χ1n) is 11.4. The lowest BCUT2D eigenvalue weighted by molar-refractivity contribution is -0.120. The van der Waals surface area contributed by atoms with Gasteiger partial charge in [-0.3, -0.25) is 25.0 Å². The Kier molecular flexibility index (Phi) is 5.29. The molecule has 0 radical (unpaired) electrons. The number of fused-ring (bicyclic) bond motifs is 4. The second-order valence-electron chi connectivity index (χ2n) is 8.88. The Balaban J connectivity index is 1.72. The molecule has 1 spiro atoms. The Morgan fingerprint density at radius 3 is 2.53 bits per heavy atom. The minimum absolute atomic E-state index is 0.0106. The number of aromatic nitrogens is 2. The molecule has 0 saturated heterocycles. The van der Waals surface area contributed by atoms with Crippen molar-refractivity contribution in [3.63, 3.8) is 0 Å². The minimum Gasteiger partial charge on any atom is -0.273 e. The van der Waals surface area contributed by atoms with Gasteiger partial charge in [-0.1, -0.05) is 74.4 Å². The second-order valence-corrected chi connectivity index (χ2v) is 8.88. The summed E-state index contributed by atoms with van der Waals surface area (Å²) in [6.45, 7) is 2.18. The number of anilines is 1. The third kappa shape index (κ3) is 3.49. The zero-order valence-corrected chi connectivity index (χ0v) is 18.4. The molecule has 164 valence electrons. The zero-order chi connectivity index (χ0) is 22.1. The van der Waals surface area contributed by atoms with Gasteiger partial charge in [0.15, 0.2) is 0 Å². The Labute approximate surface area is 187 Å². The molecule has 0 aliphatic heterocycles. The molecule has 0 unspecified atom stereocenters. The van der Waals surface area contributed by atoms with Crippen LogP contribution in [0.15, 0.2) is 59.4 Å². The van der Waals surface area contributed by atoms with E-state index in [9.17, 15) is 9.59 Å². The Bertz CT molecular complexity index is 1210. The van der Waals surface area contributed by atoms with Crippen molar-refractivity contribution in [2.24, 2.45) is 0 Å². The van der Waals surface area contributed by atoms with Gasteiger partial charge in [-0.2, -0.15) is 0 Å². The molecule has 6 nitrogen and oxygen atoms in total. The van der Waals surface area contributed by atoms with E-state index in [0.717, 1.165) is 54.5 Å². The van der Waals surface area contributed by atoms with Gasteiger partial charge in [0.25, 0.3) is 5.56 Å². The lowest BCUT2D eigenvalue weighted by Gasteiger charge is -2.36. The fourth-order valence-corrected chi connectivity index (χ4v) is 5.29. The van der Waals surface area contributed by atoms with Crippen LogP contribution in [0.5, 0.6) is 0 Å². The largest absolute Gasteiger partial charge is 0.273 e. The second kappa shape index (κ2) is 8.26. The highest BCUT2D eigenvalue weighted by atomic mass is 16.2. The summed E-state index contributed by atoms with van der Waals surface area (Å²) in [6, 6.07) is 18.2. The molecule has 6 heteroatoms. The first-order chi connectivity index (χ1) is 15.6. The number of benzene rings is 2. The average molecular weight is 429 g/mol. The summed E-state index contributed by atoms with van der Waals surface area (Å²) in [5.74, 6) is 0.208. The van der Waals surface area contributed by atoms with Gasteiger partial charge >= 0.3 is 0 Å². The fraction of sp³-hybridized carbons (Fsp3) is 0.346. The first-order valence-corrected chi connectivity index (χ1v) is 11.4. The van der Waals surface area contributed by atoms with Crippen molar-refractivity contribution in [2.45, 2.75) is 57.4 Å². The number of amides is 1. The Morgan fingerprint density at radius 2 is 1.78 bits per heavy atom. The molecule has 1 aromatic heterocycles. The Morgan fingerprint density at radius 1 is 1.06 bits per heavy atom. The third-order valence-electron chi connectivity index (χ3n) is 6.88. The van der Waals surface area contributed by atoms with Crippen LogP contribution in [0.1, 0.15) is 55.7 Å². The van der Waals surface area contributed by atoms with Gasteiger partial charge in [-0.25, -0.2) is 4.98 Å². The summed E-state index contributed by atoms with van der Waals surface area (Å²) in [5, 5.41) is 0. The van der Waals surface area contributed by atoms with Crippen LogP contribution < -0.4 is 16.4 Å². The maximum absolute atomic E-state index is 14.1. The van der Waals surface area contributed by atoms with Crippen molar-refractivity contribution in [2.75, 3.05) is 5.43 Å². The van der Waals surface area contributed by atoms with Crippen molar-refractivity contribution in [1.29, 1.82) is 0 Å². The molecule has 1 fully saturated rings. The molecule has 3 aromatic rings. The van der Waals surface area contributed by atoms with Gasteiger partial charge in [0.2, 0.25) is 11.9 Å². The van der Waals surface area contributed by atoms with E-state index in [1.807, 2.05) is 36.4 Å². The van der Waals surface area contributed by atoms with Crippen molar-refractivity contribution in [3.05, 3.63) is 81.6 Å². The van der Waals surface area contributed by atoms with Gasteiger partial charge in [0.1, 0.15) is 0 Å². The van der Waals surface area contributed by atoms with E-state index in [-0.39, 0.29) is 16.9 Å².